The SMILES string of the molecule is CN=C(NCCc1ccccc1)NCCc1nc(C(C)C)no1. The average Bonchev–Trinajstić information content (AvgIpc) is 3.03. The van der Waals surface area contributed by atoms with Gasteiger partial charge in [-0.15, -0.1) is 0 Å². The van der Waals surface area contributed by atoms with E-state index < -0.39 is 0 Å². The molecule has 2 aromatic rings. The second-order valence-corrected chi connectivity index (χ2v) is 5.61. The van der Waals surface area contributed by atoms with Crippen molar-refractivity contribution >= 4 is 5.96 Å². The van der Waals surface area contributed by atoms with Gasteiger partial charge in [0.05, 0.1) is 0 Å². The quantitative estimate of drug-likeness (QED) is 0.605. The van der Waals surface area contributed by atoms with E-state index in [1.807, 2.05) is 19.9 Å². The highest BCUT2D eigenvalue weighted by Crippen LogP contribution is 2.09. The van der Waals surface area contributed by atoms with E-state index in [2.05, 4.69) is 50.0 Å². The molecule has 2 N–H and O–H groups in total. The van der Waals surface area contributed by atoms with Gasteiger partial charge in [-0.2, -0.15) is 4.98 Å². The summed E-state index contributed by atoms with van der Waals surface area (Å²) in [6, 6.07) is 10.4. The summed E-state index contributed by atoms with van der Waals surface area (Å²) >= 11 is 0. The molecule has 0 aliphatic heterocycles. The first kappa shape index (κ1) is 17.0. The summed E-state index contributed by atoms with van der Waals surface area (Å²) in [6.07, 6.45) is 1.64. The Balaban J connectivity index is 1.68. The molecule has 6 heteroatoms. The van der Waals surface area contributed by atoms with Gasteiger partial charge in [0, 0.05) is 32.5 Å². The van der Waals surface area contributed by atoms with E-state index in [0.29, 0.717) is 18.9 Å². The lowest BCUT2D eigenvalue weighted by atomic mass is 10.1. The Kier molecular flexibility index (Phi) is 6.59. The van der Waals surface area contributed by atoms with Crippen LogP contribution in [0.2, 0.25) is 0 Å². The van der Waals surface area contributed by atoms with Gasteiger partial charge in [-0.05, 0) is 12.0 Å². The molecule has 0 amide bonds. The van der Waals surface area contributed by atoms with Crippen molar-refractivity contribution in [2.24, 2.45) is 4.99 Å². The van der Waals surface area contributed by atoms with Crippen molar-refractivity contribution in [1.29, 1.82) is 0 Å². The molecule has 0 saturated heterocycles. The normalized spacial score (nSPS) is 11.7. The summed E-state index contributed by atoms with van der Waals surface area (Å²) in [4.78, 5) is 8.57. The van der Waals surface area contributed by atoms with Crippen molar-refractivity contribution in [3.05, 3.63) is 47.6 Å². The van der Waals surface area contributed by atoms with Crippen molar-refractivity contribution < 1.29 is 4.52 Å². The van der Waals surface area contributed by atoms with Crippen molar-refractivity contribution in [1.82, 2.24) is 20.8 Å². The molecule has 1 aromatic heterocycles. The second kappa shape index (κ2) is 8.92. The maximum absolute atomic E-state index is 5.22. The molecule has 1 aromatic carbocycles. The Morgan fingerprint density at radius 1 is 1.13 bits per heavy atom. The molecule has 0 radical (unpaired) electrons. The van der Waals surface area contributed by atoms with Gasteiger partial charge in [-0.25, -0.2) is 0 Å². The maximum atomic E-state index is 5.22. The van der Waals surface area contributed by atoms with Gasteiger partial charge in [-0.1, -0.05) is 49.3 Å². The summed E-state index contributed by atoms with van der Waals surface area (Å²) in [7, 11) is 1.77. The number of guanidine groups is 1. The number of rotatable bonds is 7. The molecule has 0 aliphatic rings. The first-order valence-electron chi connectivity index (χ1n) is 8.00. The van der Waals surface area contributed by atoms with Crippen molar-refractivity contribution in [3.63, 3.8) is 0 Å². The molecule has 0 atom stereocenters. The minimum Gasteiger partial charge on any atom is -0.356 e. The van der Waals surface area contributed by atoms with Gasteiger partial charge in [0.1, 0.15) is 0 Å². The zero-order valence-corrected chi connectivity index (χ0v) is 14.0. The minimum atomic E-state index is 0.285. The van der Waals surface area contributed by atoms with Gasteiger partial charge in [-0.3, -0.25) is 4.99 Å². The third kappa shape index (κ3) is 5.73. The first-order chi connectivity index (χ1) is 11.2. The maximum Gasteiger partial charge on any atom is 0.228 e. The molecular weight excluding hydrogens is 290 g/mol. The molecule has 0 bridgehead atoms. The predicted molar refractivity (Wildman–Crippen MR) is 91.6 cm³/mol. The molecule has 0 fully saturated rings. The van der Waals surface area contributed by atoms with Crippen LogP contribution in [-0.4, -0.2) is 36.2 Å². The number of nitrogens with zero attached hydrogens (tertiary/aromatic N) is 3. The molecule has 0 unspecified atom stereocenters. The second-order valence-electron chi connectivity index (χ2n) is 5.61. The molecule has 124 valence electrons. The van der Waals surface area contributed by atoms with E-state index in [0.717, 1.165) is 24.7 Å². The molecule has 23 heavy (non-hydrogen) atoms. The summed E-state index contributed by atoms with van der Waals surface area (Å²) < 4.78 is 5.22. The molecule has 0 aliphatic carbocycles. The minimum absolute atomic E-state index is 0.285. The van der Waals surface area contributed by atoms with Crippen LogP contribution in [0.1, 0.15) is 37.0 Å². The smallest absolute Gasteiger partial charge is 0.228 e. The number of aliphatic imine (C=N–C) groups is 1. The zero-order valence-electron chi connectivity index (χ0n) is 14.0. The fourth-order valence-electron chi connectivity index (χ4n) is 2.08. The van der Waals surface area contributed by atoms with E-state index in [1.54, 1.807) is 7.05 Å². The van der Waals surface area contributed by atoms with E-state index in [4.69, 9.17) is 4.52 Å². The van der Waals surface area contributed by atoms with Crippen LogP contribution in [-0.2, 0) is 12.8 Å². The Morgan fingerprint density at radius 3 is 2.43 bits per heavy atom. The lowest BCUT2D eigenvalue weighted by Gasteiger charge is -2.11. The van der Waals surface area contributed by atoms with Crippen molar-refractivity contribution in [3.8, 4) is 0 Å². The van der Waals surface area contributed by atoms with E-state index in [1.165, 1.54) is 5.56 Å². The molecule has 0 saturated carbocycles. The molecule has 2 rings (SSSR count). The largest absolute Gasteiger partial charge is 0.356 e. The standard InChI is InChI=1S/C17H25N5O/c1-13(2)16-21-15(23-22-16)10-12-20-17(18-3)19-11-9-14-7-5-4-6-8-14/h4-8,13H,9-12H2,1-3H3,(H2,18,19,20). The van der Waals surface area contributed by atoms with Crippen molar-refractivity contribution in [2.45, 2.75) is 32.6 Å². The average molecular weight is 315 g/mol. The van der Waals surface area contributed by atoms with Crippen LogP contribution in [0.15, 0.2) is 39.8 Å². The highest BCUT2D eigenvalue weighted by Gasteiger charge is 2.09. The third-order valence-corrected chi connectivity index (χ3v) is 3.40. The topological polar surface area (TPSA) is 75.3 Å². The van der Waals surface area contributed by atoms with Crippen LogP contribution in [0.25, 0.3) is 0 Å². The number of benzene rings is 1. The number of nitrogens with one attached hydrogen (secondary N) is 2. The number of hydrogen-bond acceptors (Lipinski definition) is 4. The van der Waals surface area contributed by atoms with Gasteiger partial charge >= 0.3 is 0 Å². The summed E-state index contributed by atoms with van der Waals surface area (Å²) in [6.45, 7) is 5.63. The lowest BCUT2D eigenvalue weighted by molar-refractivity contribution is 0.371. The summed E-state index contributed by atoms with van der Waals surface area (Å²) in [5.41, 5.74) is 1.31. The highest BCUT2D eigenvalue weighted by molar-refractivity contribution is 5.79. The van der Waals surface area contributed by atoms with Crippen LogP contribution < -0.4 is 10.6 Å². The predicted octanol–water partition coefficient (Wildman–Crippen LogP) is 2.14. The Labute approximate surface area is 137 Å². The van der Waals surface area contributed by atoms with Crippen molar-refractivity contribution in [2.75, 3.05) is 20.1 Å². The summed E-state index contributed by atoms with van der Waals surface area (Å²) in [5.74, 6) is 2.48. The van der Waals surface area contributed by atoms with Crippen LogP contribution >= 0.6 is 0 Å². The van der Waals surface area contributed by atoms with E-state index in [-0.39, 0.29) is 5.92 Å². The van der Waals surface area contributed by atoms with Gasteiger partial charge in [0.2, 0.25) is 5.89 Å². The fraction of sp³-hybridized carbons (Fsp3) is 0.471. The van der Waals surface area contributed by atoms with Gasteiger partial charge < -0.3 is 15.2 Å². The molecular formula is C17H25N5O. The molecule has 1 heterocycles. The Bertz CT molecular complexity index is 606. The van der Waals surface area contributed by atoms with Gasteiger partial charge in [0.25, 0.3) is 0 Å². The van der Waals surface area contributed by atoms with Crippen LogP contribution in [0.3, 0.4) is 0 Å². The number of aromatic nitrogens is 2. The van der Waals surface area contributed by atoms with E-state index in [9.17, 15) is 0 Å². The fourth-order valence-corrected chi connectivity index (χ4v) is 2.08. The van der Waals surface area contributed by atoms with E-state index >= 15 is 0 Å². The molecule has 6 nitrogen and oxygen atoms in total. The monoisotopic (exact) mass is 315 g/mol. The van der Waals surface area contributed by atoms with Crippen LogP contribution in [0.5, 0.6) is 0 Å². The van der Waals surface area contributed by atoms with Crippen LogP contribution in [0.4, 0.5) is 0 Å². The van der Waals surface area contributed by atoms with Crippen LogP contribution in [0, 0.1) is 0 Å². The highest BCUT2D eigenvalue weighted by atomic mass is 16.5. The zero-order chi connectivity index (χ0) is 16.5. The summed E-state index contributed by atoms with van der Waals surface area (Å²) in [5, 5.41) is 10.5. The first-order valence-corrected chi connectivity index (χ1v) is 8.00. The number of hydrogen-bond donors (Lipinski definition) is 2. The van der Waals surface area contributed by atoms with Gasteiger partial charge in [0.15, 0.2) is 11.8 Å². The Hall–Kier alpha value is -2.37. The Morgan fingerprint density at radius 2 is 1.83 bits per heavy atom. The molecule has 0 spiro atoms. The third-order valence-electron chi connectivity index (χ3n) is 3.40. The lowest BCUT2D eigenvalue weighted by Crippen LogP contribution is -2.39.